The first-order valence-electron chi connectivity index (χ1n) is 10.1. The normalized spacial score (nSPS) is 20.9. The number of alkyl halides is 3. The molecule has 4 rings (SSSR count). The van der Waals surface area contributed by atoms with Gasteiger partial charge in [0.2, 0.25) is 5.91 Å². The molecule has 0 N–H and O–H groups in total. The number of hydrogen-bond acceptors (Lipinski definition) is 3. The molecule has 0 bridgehead atoms. The molecule has 3 heterocycles. The predicted octanol–water partition coefficient (Wildman–Crippen LogP) is 4.68. The smallest absolute Gasteiger partial charge is 0.357 e. The van der Waals surface area contributed by atoms with Crippen LogP contribution in [0.4, 0.5) is 19.0 Å². The van der Waals surface area contributed by atoms with Crippen LogP contribution in [0.25, 0.3) is 0 Å². The summed E-state index contributed by atoms with van der Waals surface area (Å²) in [6.45, 7) is 2.04. The Morgan fingerprint density at radius 1 is 0.966 bits per heavy atom. The van der Waals surface area contributed by atoms with Gasteiger partial charge in [0.1, 0.15) is 5.82 Å². The van der Waals surface area contributed by atoms with Crippen molar-refractivity contribution in [3.8, 4) is 0 Å². The lowest BCUT2D eigenvalue weighted by molar-refractivity contribution is -0.138. The summed E-state index contributed by atoms with van der Waals surface area (Å²) in [5, 5.41) is 0. The molecule has 1 aromatic carbocycles. The van der Waals surface area contributed by atoms with Gasteiger partial charge in [-0.1, -0.05) is 30.3 Å². The third kappa shape index (κ3) is 4.23. The van der Waals surface area contributed by atoms with E-state index in [1.807, 2.05) is 28.0 Å². The Hall–Kier alpha value is -2.57. The van der Waals surface area contributed by atoms with Crippen LogP contribution in [-0.2, 0) is 11.0 Å². The highest BCUT2D eigenvalue weighted by Crippen LogP contribution is 2.35. The fraction of sp³-hybridized carbons (Fsp3) is 0.455. The molecule has 2 aliphatic heterocycles. The SMILES string of the molecule is O=C(C1CCN(c2ccc(C(F)(F)F)cn2)CC1)N1CCCC1c1ccccc1. The Labute approximate surface area is 168 Å². The van der Waals surface area contributed by atoms with Crippen LogP contribution in [0.3, 0.4) is 0 Å². The number of benzene rings is 1. The van der Waals surface area contributed by atoms with Crippen molar-refractivity contribution in [2.75, 3.05) is 24.5 Å². The second-order valence-electron chi connectivity index (χ2n) is 7.76. The van der Waals surface area contributed by atoms with Gasteiger partial charge in [0.15, 0.2) is 0 Å². The zero-order chi connectivity index (χ0) is 20.4. The summed E-state index contributed by atoms with van der Waals surface area (Å²) in [5.74, 6) is 0.702. The number of anilines is 1. The molecule has 7 heteroatoms. The molecule has 1 aromatic heterocycles. The number of carbonyl (C=O) groups excluding carboxylic acids is 1. The highest BCUT2D eigenvalue weighted by molar-refractivity contribution is 5.80. The summed E-state index contributed by atoms with van der Waals surface area (Å²) in [7, 11) is 0. The van der Waals surface area contributed by atoms with E-state index in [0.29, 0.717) is 31.7 Å². The van der Waals surface area contributed by atoms with Crippen molar-refractivity contribution >= 4 is 11.7 Å². The maximum Gasteiger partial charge on any atom is 0.417 e. The number of pyridine rings is 1. The molecule has 1 unspecified atom stereocenters. The van der Waals surface area contributed by atoms with Gasteiger partial charge in [-0.2, -0.15) is 13.2 Å². The molecule has 1 atom stereocenters. The Morgan fingerprint density at radius 3 is 2.31 bits per heavy atom. The van der Waals surface area contributed by atoms with E-state index in [0.717, 1.165) is 31.6 Å². The van der Waals surface area contributed by atoms with Gasteiger partial charge in [0.05, 0.1) is 11.6 Å². The molecule has 154 valence electrons. The van der Waals surface area contributed by atoms with E-state index in [1.165, 1.54) is 11.6 Å². The van der Waals surface area contributed by atoms with Crippen LogP contribution in [0.5, 0.6) is 0 Å². The third-order valence-corrected chi connectivity index (χ3v) is 5.96. The van der Waals surface area contributed by atoms with Gasteiger partial charge in [-0.25, -0.2) is 4.98 Å². The summed E-state index contributed by atoms with van der Waals surface area (Å²) in [4.78, 5) is 21.1. The lowest BCUT2D eigenvalue weighted by Crippen LogP contribution is -2.42. The number of nitrogens with zero attached hydrogens (tertiary/aromatic N) is 3. The Morgan fingerprint density at radius 2 is 1.69 bits per heavy atom. The van der Waals surface area contributed by atoms with Crippen LogP contribution >= 0.6 is 0 Å². The van der Waals surface area contributed by atoms with Gasteiger partial charge in [0, 0.05) is 31.7 Å². The van der Waals surface area contributed by atoms with Crippen LogP contribution in [0.2, 0.25) is 0 Å². The number of likely N-dealkylation sites (tertiary alicyclic amines) is 1. The number of halogens is 3. The Bertz CT molecular complexity index is 831. The van der Waals surface area contributed by atoms with Crippen molar-refractivity contribution in [1.29, 1.82) is 0 Å². The van der Waals surface area contributed by atoms with Crippen molar-refractivity contribution in [1.82, 2.24) is 9.88 Å². The van der Waals surface area contributed by atoms with Crippen molar-refractivity contribution in [3.05, 3.63) is 59.8 Å². The molecule has 0 aliphatic carbocycles. The number of hydrogen-bond donors (Lipinski definition) is 0. The Balaban J connectivity index is 1.37. The van der Waals surface area contributed by atoms with E-state index in [9.17, 15) is 18.0 Å². The first kappa shape index (κ1) is 19.7. The lowest BCUT2D eigenvalue weighted by atomic mass is 9.94. The van der Waals surface area contributed by atoms with Crippen LogP contribution in [0, 0.1) is 5.92 Å². The predicted molar refractivity (Wildman–Crippen MR) is 104 cm³/mol. The van der Waals surface area contributed by atoms with Crippen molar-refractivity contribution in [3.63, 3.8) is 0 Å². The van der Waals surface area contributed by atoms with E-state index in [-0.39, 0.29) is 17.9 Å². The Kier molecular flexibility index (Phi) is 5.48. The van der Waals surface area contributed by atoms with Gasteiger partial charge in [0.25, 0.3) is 0 Å². The standard InChI is InChI=1S/C22H24F3N3O/c23-22(24,25)18-8-9-20(26-15-18)27-13-10-17(11-14-27)21(29)28-12-4-7-19(28)16-5-2-1-3-6-16/h1-3,5-6,8-9,15,17,19H,4,7,10-14H2. The highest BCUT2D eigenvalue weighted by Gasteiger charge is 2.36. The molecule has 4 nitrogen and oxygen atoms in total. The summed E-state index contributed by atoms with van der Waals surface area (Å²) in [6.07, 6.45) is -0.111. The number of amides is 1. The number of piperidine rings is 1. The molecule has 0 saturated carbocycles. The van der Waals surface area contributed by atoms with Crippen LogP contribution in [0.1, 0.15) is 42.9 Å². The van der Waals surface area contributed by atoms with Crippen molar-refractivity contribution in [2.45, 2.75) is 37.9 Å². The fourth-order valence-corrected chi connectivity index (χ4v) is 4.38. The minimum absolute atomic E-state index is 0.0370. The maximum atomic E-state index is 13.1. The van der Waals surface area contributed by atoms with Crippen LogP contribution in [-0.4, -0.2) is 35.4 Å². The lowest BCUT2D eigenvalue weighted by Gasteiger charge is -2.35. The maximum absolute atomic E-state index is 13.1. The molecule has 29 heavy (non-hydrogen) atoms. The molecular weight excluding hydrogens is 379 g/mol. The molecular formula is C22H24F3N3O. The average molecular weight is 403 g/mol. The fourth-order valence-electron chi connectivity index (χ4n) is 4.38. The van der Waals surface area contributed by atoms with Gasteiger partial charge >= 0.3 is 6.18 Å². The number of carbonyl (C=O) groups is 1. The minimum atomic E-state index is -4.38. The molecule has 0 radical (unpaired) electrons. The summed E-state index contributed by atoms with van der Waals surface area (Å²) in [6, 6.07) is 12.8. The molecule has 1 amide bonds. The second-order valence-corrected chi connectivity index (χ2v) is 7.76. The van der Waals surface area contributed by atoms with Gasteiger partial charge < -0.3 is 9.80 Å². The highest BCUT2D eigenvalue weighted by atomic mass is 19.4. The summed E-state index contributed by atoms with van der Waals surface area (Å²) < 4.78 is 38.1. The zero-order valence-corrected chi connectivity index (χ0v) is 16.1. The largest absolute Gasteiger partial charge is 0.417 e. The summed E-state index contributed by atoms with van der Waals surface area (Å²) in [5.41, 5.74) is 0.442. The first-order chi connectivity index (χ1) is 13.9. The molecule has 2 aromatic rings. The average Bonchev–Trinajstić information content (AvgIpc) is 3.23. The van der Waals surface area contributed by atoms with Gasteiger partial charge in [-0.15, -0.1) is 0 Å². The van der Waals surface area contributed by atoms with Crippen LogP contribution in [0.15, 0.2) is 48.7 Å². The third-order valence-electron chi connectivity index (χ3n) is 5.96. The van der Waals surface area contributed by atoms with E-state index in [4.69, 9.17) is 0 Å². The molecule has 0 spiro atoms. The topological polar surface area (TPSA) is 36.4 Å². The van der Waals surface area contributed by atoms with E-state index in [1.54, 1.807) is 0 Å². The zero-order valence-electron chi connectivity index (χ0n) is 16.1. The summed E-state index contributed by atoms with van der Waals surface area (Å²) >= 11 is 0. The first-order valence-corrected chi connectivity index (χ1v) is 10.1. The van der Waals surface area contributed by atoms with Crippen molar-refractivity contribution < 1.29 is 18.0 Å². The van der Waals surface area contributed by atoms with Gasteiger partial charge in [-0.05, 0) is 43.4 Å². The van der Waals surface area contributed by atoms with E-state index >= 15 is 0 Å². The molecule has 2 fully saturated rings. The van der Waals surface area contributed by atoms with Crippen molar-refractivity contribution in [2.24, 2.45) is 5.92 Å². The second kappa shape index (κ2) is 8.05. The van der Waals surface area contributed by atoms with E-state index < -0.39 is 11.7 Å². The monoisotopic (exact) mass is 403 g/mol. The minimum Gasteiger partial charge on any atom is -0.357 e. The quantitative estimate of drug-likeness (QED) is 0.747. The molecule has 2 saturated heterocycles. The van der Waals surface area contributed by atoms with Crippen LogP contribution < -0.4 is 4.90 Å². The van der Waals surface area contributed by atoms with E-state index in [2.05, 4.69) is 17.1 Å². The van der Waals surface area contributed by atoms with Gasteiger partial charge in [-0.3, -0.25) is 4.79 Å². The number of aromatic nitrogens is 1. The molecule has 2 aliphatic rings. The number of rotatable bonds is 3.